The van der Waals surface area contributed by atoms with Gasteiger partial charge in [-0.05, 0) is 81.3 Å². The van der Waals surface area contributed by atoms with Gasteiger partial charge in [0.2, 0.25) is 0 Å². The molecule has 0 atom stereocenters. The van der Waals surface area contributed by atoms with Gasteiger partial charge >= 0.3 is 0 Å². The molecule has 3 nitrogen and oxygen atoms in total. The maximum atomic E-state index is 14.5. The number of pyridine rings is 1. The van der Waals surface area contributed by atoms with Gasteiger partial charge in [0, 0.05) is 22.9 Å². The molecule has 0 unspecified atom stereocenters. The van der Waals surface area contributed by atoms with E-state index in [0.29, 0.717) is 0 Å². The summed E-state index contributed by atoms with van der Waals surface area (Å²) in [7, 11) is 1.65. The summed E-state index contributed by atoms with van der Waals surface area (Å²) < 4.78 is 19.8. The first kappa shape index (κ1) is 22.8. The van der Waals surface area contributed by atoms with E-state index in [1.165, 1.54) is 83.0 Å². The van der Waals surface area contributed by atoms with Crippen LogP contribution in [0.4, 0.5) is 4.39 Å². The Morgan fingerprint density at radius 1 is 1.13 bits per heavy atom. The molecule has 2 heterocycles. The molecule has 2 fully saturated rings. The van der Waals surface area contributed by atoms with Gasteiger partial charge in [-0.15, -0.1) is 0 Å². The number of ether oxygens (including phenoxy) is 1. The number of hydrogen-bond acceptors (Lipinski definition) is 4. The van der Waals surface area contributed by atoms with Crippen molar-refractivity contribution in [1.29, 1.82) is 0 Å². The van der Waals surface area contributed by atoms with Crippen molar-refractivity contribution < 1.29 is 9.13 Å². The molecule has 2 aliphatic rings. The molecule has 0 radical (unpaired) electrons. The molecule has 0 N–H and O–H groups in total. The highest BCUT2D eigenvalue weighted by Crippen LogP contribution is 2.30. The summed E-state index contributed by atoms with van der Waals surface area (Å²) in [6.45, 7) is 3.73. The highest BCUT2D eigenvalue weighted by molar-refractivity contribution is 7.99. The summed E-state index contributed by atoms with van der Waals surface area (Å²) in [6.07, 6.45) is 14.2. The maximum Gasteiger partial charge on any atom is 0.145 e. The number of aryl methyl sites for hydroxylation is 1. The smallest absolute Gasteiger partial charge is 0.145 e. The summed E-state index contributed by atoms with van der Waals surface area (Å²) in [5, 5.41) is 1.82. The molecule has 2 aromatic rings. The molecule has 31 heavy (non-hydrogen) atoms. The Morgan fingerprint density at radius 2 is 1.94 bits per heavy atom. The van der Waals surface area contributed by atoms with Gasteiger partial charge in [0.05, 0.1) is 18.8 Å². The monoisotopic (exact) mass is 444 g/mol. The Morgan fingerprint density at radius 3 is 2.71 bits per heavy atom. The van der Waals surface area contributed by atoms with Crippen molar-refractivity contribution in [3.63, 3.8) is 0 Å². The van der Waals surface area contributed by atoms with Crippen LogP contribution >= 0.6 is 11.8 Å². The number of fused-ring (bicyclic) bond motifs is 1. The quantitative estimate of drug-likeness (QED) is 0.442. The number of piperidine rings is 1. The Bertz CT molecular complexity index is 832. The first-order chi connectivity index (χ1) is 15.2. The number of nitrogens with zero attached hydrogens (tertiary/aromatic N) is 2. The average molecular weight is 445 g/mol. The summed E-state index contributed by atoms with van der Waals surface area (Å²) in [5.41, 5.74) is 1.64. The molecule has 4 rings (SSSR count). The van der Waals surface area contributed by atoms with Crippen LogP contribution in [0.3, 0.4) is 0 Å². The molecular weight excluding hydrogens is 407 g/mol. The number of thioether (sulfide) groups is 1. The number of rotatable bonds is 9. The maximum absolute atomic E-state index is 14.5. The van der Waals surface area contributed by atoms with Gasteiger partial charge in [0.15, 0.2) is 0 Å². The third-order valence-corrected chi connectivity index (χ3v) is 8.55. The third-order valence-electron chi connectivity index (χ3n) is 7.19. The molecule has 1 saturated carbocycles. The lowest BCUT2D eigenvalue weighted by Gasteiger charge is -2.32. The number of benzene rings is 1. The number of hydrogen-bond donors (Lipinski definition) is 0. The standard InChI is InChI=1S/C26H37FN2OS/c1-30-21-10-11-26-24(18-21)23(25(27)19-28-26)9-5-6-20-12-14-29(15-13-20)16-17-31-22-7-3-2-4-8-22/h10-11,18-20,22H,2-9,12-17H2,1H3. The van der Waals surface area contributed by atoms with Gasteiger partial charge in [-0.1, -0.05) is 25.7 Å². The molecule has 1 aromatic heterocycles. The van der Waals surface area contributed by atoms with Crippen LogP contribution in [-0.2, 0) is 6.42 Å². The third kappa shape index (κ3) is 6.35. The van der Waals surface area contributed by atoms with Crippen LogP contribution in [0.15, 0.2) is 24.4 Å². The summed E-state index contributed by atoms with van der Waals surface area (Å²) in [5.74, 6) is 2.65. The number of aromatic nitrogens is 1. The van der Waals surface area contributed by atoms with Crippen molar-refractivity contribution in [3.8, 4) is 5.75 Å². The van der Waals surface area contributed by atoms with Gasteiger partial charge in [0.25, 0.3) is 0 Å². The molecule has 1 aliphatic carbocycles. The van der Waals surface area contributed by atoms with Crippen LogP contribution in [-0.4, -0.2) is 47.6 Å². The zero-order valence-corrected chi connectivity index (χ0v) is 19.8. The van der Waals surface area contributed by atoms with E-state index >= 15 is 0 Å². The lowest BCUT2D eigenvalue weighted by molar-refractivity contribution is 0.186. The van der Waals surface area contributed by atoms with Crippen LogP contribution in [0.25, 0.3) is 10.9 Å². The van der Waals surface area contributed by atoms with Gasteiger partial charge in [-0.25, -0.2) is 4.39 Å². The van der Waals surface area contributed by atoms with Crippen molar-refractivity contribution >= 4 is 22.7 Å². The van der Waals surface area contributed by atoms with Crippen LogP contribution in [0.5, 0.6) is 5.75 Å². The van der Waals surface area contributed by atoms with Crippen LogP contribution in [0, 0.1) is 11.7 Å². The normalized spacial score (nSPS) is 19.2. The minimum Gasteiger partial charge on any atom is -0.497 e. The molecule has 1 saturated heterocycles. The van der Waals surface area contributed by atoms with E-state index in [9.17, 15) is 4.39 Å². The predicted octanol–water partition coefficient (Wildman–Crippen LogP) is 6.48. The zero-order chi connectivity index (χ0) is 21.5. The van der Waals surface area contributed by atoms with Crippen molar-refractivity contribution in [2.24, 2.45) is 5.92 Å². The van der Waals surface area contributed by atoms with Crippen LogP contribution in [0.1, 0.15) is 63.4 Å². The van der Waals surface area contributed by atoms with E-state index in [1.54, 1.807) is 7.11 Å². The van der Waals surface area contributed by atoms with Crippen LogP contribution < -0.4 is 4.74 Å². The van der Waals surface area contributed by atoms with Crippen molar-refractivity contribution in [3.05, 3.63) is 35.8 Å². The Kier molecular flexibility index (Phi) is 8.48. The lowest BCUT2D eigenvalue weighted by Crippen LogP contribution is -2.35. The minimum atomic E-state index is -0.189. The van der Waals surface area contributed by atoms with Gasteiger partial charge in [0.1, 0.15) is 11.6 Å². The molecule has 1 aromatic carbocycles. The van der Waals surface area contributed by atoms with Crippen LogP contribution in [0.2, 0.25) is 0 Å². The molecule has 1 aliphatic heterocycles. The summed E-state index contributed by atoms with van der Waals surface area (Å²) in [6, 6.07) is 5.72. The highest BCUT2D eigenvalue weighted by atomic mass is 32.2. The second-order valence-electron chi connectivity index (χ2n) is 9.28. The van der Waals surface area contributed by atoms with Gasteiger partial charge < -0.3 is 9.64 Å². The van der Waals surface area contributed by atoms with E-state index in [2.05, 4.69) is 21.6 Å². The van der Waals surface area contributed by atoms with E-state index in [4.69, 9.17) is 4.74 Å². The highest BCUT2D eigenvalue weighted by Gasteiger charge is 2.20. The van der Waals surface area contributed by atoms with Crippen molar-refractivity contribution in [1.82, 2.24) is 9.88 Å². The first-order valence-corrected chi connectivity index (χ1v) is 13.2. The second-order valence-corrected chi connectivity index (χ2v) is 10.7. The molecule has 0 spiro atoms. The SMILES string of the molecule is COc1ccc2ncc(F)c(CCCC3CCN(CCSC4CCCCC4)CC3)c2c1. The number of halogens is 1. The molecule has 0 amide bonds. The van der Waals surface area contributed by atoms with E-state index in [1.807, 2.05) is 18.2 Å². The van der Waals surface area contributed by atoms with E-state index in [0.717, 1.165) is 46.2 Å². The number of methoxy groups -OCH3 is 1. The first-order valence-electron chi connectivity index (χ1n) is 12.2. The fraction of sp³-hybridized carbons (Fsp3) is 0.654. The van der Waals surface area contributed by atoms with Crippen molar-refractivity contribution in [2.75, 3.05) is 32.5 Å². The van der Waals surface area contributed by atoms with Gasteiger partial charge in [-0.3, -0.25) is 4.98 Å². The topological polar surface area (TPSA) is 25.4 Å². The number of likely N-dealkylation sites (tertiary alicyclic amines) is 1. The summed E-state index contributed by atoms with van der Waals surface area (Å²) >= 11 is 2.22. The molecular formula is C26H37FN2OS. The lowest BCUT2D eigenvalue weighted by atomic mass is 9.90. The Hall–Kier alpha value is -1.33. The van der Waals surface area contributed by atoms with Crippen molar-refractivity contribution in [2.45, 2.75) is 69.5 Å². The van der Waals surface area contributed by atoms with E-state index in [-0.39, 0.29) is 5.82 Å². The molecule has 0 bridgehead atoms. The minimum absolute atomic E-state index is 0.189. The predicted molar refractivity (Wildman–Crippen MR) is 130 cm³/mol. The Balaban J connectivity index is 1.19. The Labute approximate surface area is 191 Å². The van der Waals surface area contributed by atoms with E-state index < -0.39 is 0 Å². The summed E-state index contributed by atoms with van der Waals surface area (Å²) in [4.78, 5) is 6.90. The van der Waals surface area contributed by atoms with Gasteiger partial charge in [-0.2, -0.15) is 11.8 Å². The fourth-order valence-corrected chi connectivity index (χ4v) is 6.59. The second kappa shape index (κ2) is 11.5. The fourth-order valence-electron chi connectivity index (χ4n) is 5.23. The zero-order valence-electron chi connectivity index (χ0n) is 19.0. The molecule has 170 valence electrons. The molecule has 5 heteroatoms. The largest absolute Gasteiger partial charge is 0.497 e. The average Bonchev–Trinajstić information content (AvgIpc) is 2.82.